The fourth-order valence-corrected chi connectivity index (χ4v) is 2.61. The first kappa shape index (κ1) is 12.9. The van der Waals surface area contributed by atoms with Gasteiger partial charge in [-0.05, 0) is 13.8 Å². The van der Waals surface area contributed by atoms with Crippen LogP contribution in [0.15, 0.2) is 0 Å². The Morgan fingerprint density at radius 3 is 2.67 bits per heavy atom. The van der Waals surface area contributed by atoms with Crippen LogP contribution < -0.4 is 5.32 Å². The van der Waals surface area contributed by atoms with Gasteiger partial charge in [-0.1, -0.05) is 6.92 Å². The molecule has 1 rings (SSSR count). The van der Waals surface area contributed by atoms with Crippen molar-refractivity contribution in [2.75, 3.05) is 31.1 Å². The van der Waals surface area contributed by atoms with Crippen molar-refractivity contribution in [2.45, 2.75) is 32.9 Å². The molecule has 1 heterocycles. The van der Waals surface area contributed by atoms with Crippen LogP contribution in [0.3, 0.4) is 0 Å². The van der Waals surface area contributed by atoms with Crippen LogP contribution in [0, 0.1) is 0 Å². The van der Waals surface area contributed by atoms with Crippen molar-refractivity contribution in [3.8, 4) is 0 Å². The highest BCUT2D eigenvalue weighted by Crippen LogP contribution is 2.06. The number of piperazine rings is 1. The predicted molar refractivity (Wildman–Crippen MR) is 62.8 cm³/mol. The number of nitrogens with one attached hydrogen (secondary N) is 1. The third kappa shape index (κ3) is 4.09. The second-order valence-corrected chi connectivity index (χ2v) is 6.86. The summed E-state index contributed by atoms with van der Waals surface area (Å²) in [5, 5.41) is 3.38. The standard InChI is InChI=1S/C10H22N2O2S/c1-4-15(13,14)6-5-12-8-9(2)11-7-10(12)3/h9-11H,4-8H2,1-3H3. The van der Waals surface area contributed by atoms with Crippen molar-refractivity contribution in [1.29, 1.82) is 0 Å². The maximum Gasteiger partial charge on any atom is 0.151 e. The lowest BCUT2D eigenvalue weighted by molar-refractivity contribution is 0.155. The summed E-state index contributed by atoms with van der Waals surface area (Å²) in [5.74, 6) is 0.545. The molecule has 2 unspecified atom stereocenters. The van der Waals surface area contributed by atoms with E-state index in [9.17, 15) is 8.42 Å². The van der Waals surface area contributed by atoms with E-state index in [2.05, 4.69) is 24.1 Å². The van der Waals surface area contributed by atoms with E-state index in [0.29, 0.717) is 24.4 Å². The maximum absolute atomic E-state index is 11.4. The minimum Gasteiger partial charge on any atom is -0.311 e. The lowest BCUT2D eigenvalue weighted by Gasteiger charge is -2.37. The average Bonchev–Trinajstić information content (AvgIpc) is 2.20. The minimum absolute atomic E-state index is 0.253. The zero-order valence-corrected chi connectivity index (χ0v) is 10.7. The van der Waals surface area contributed by atoms with Crippen molar-refractivity contribution in [3.05, 3.63) is 0 Å². The molecule has 0 aromatic carbocycles. The summed E-state index contributed by atoms with van der Waals surface area (Å²) in [6.07, 6.45) is 0. The van der Waals surface area contributed by atoms with E-state index < -0.39 is 9.84 Å². The smallest absolute Gasteiger partial charge is 0.151 e. The van der Waals surface area contributed by atoms with Crippen LogP contribution in [0.5, 0.6) is 0 Å². The van der Waals surface area contributed by atoms with Gasteiger partial charge in [0.1, 0.15) is 0 Å². The number of nitrogens with zero attached hydrogens (tertiary/aromatic N) is 1. The fraction of sp³-hybridized carbons (Fsp3) is 1.00. The average molecular weight is 234 g/mol. The zero-order valence-electron chi connectivity index (χ0n) is 9.86. The number of hydrogen-bond donors (Lipinski definition) is 1. The van der Waals surface area contributed by atoms with Gasteiger partial charge in [0.15, 0.2) is 9.84 Å². The molecule has 1 aliphatic rings. The fourth-order valence-electron chi connectivity index (χ4n) is 1.81. The molecule has 15 heavy (non-hydrogen) atoms. The minimum atomic E-state index is -2.82. The molecular formula is C10H22N2O2S. The normalized spacial score (nSPS) is 29.3. The van der Waals surface area contributed by atoms with Gasteiger partial charge in [-0.3, -0.25) is 4.90 Å². The van der Waals surface area contributed by atoms with Gasteiger partial charge in [-0.2, -0.15) is 0 Å². The molecule has 4 nitrogen and oxygen atoms in total. The molecule has 1 saturated heterocycles. The Hall–Kier alpha value is -0.130. The summed E-state index contributed by atoms with van der Waals surface area (Å²) in [5.41, 5.74) is 0. The molecule has 1 aliphatic heterocycles. The van der Waals surface area contributed by atoms with Crippen molar-refractivity contribution in [3.63, 3.8) is 0 Å². The molecule has 0 radical (unpaired) electrons. The third-order valence-corrected chi connectivity index (χ3v) is 4.71. The molecule has 0 aromatic rings. The van der Waals surface area contributed by atoms with E-state index in [0.717, 1.165) is 13.1 Å². The van der Waals surface area contributed by atoms with Crippen molar-refractivity contribution < 1.29 is 8.42 Å². The summed E-state index contributed by atoms with van der Waals surface area (Å²) in [4.78, 5) is 2.26. The number of hydrogen-bond acceptors (Lipinski definition) is 4. The summed E-state index contributed by atoms with van der Waals surface area (Å²) in [7, 11) is -2.82. The van der Waals surface area contributed by atoms with E-state index in [-0.39, 0.29) is 5.75 Å². The quantitative estimate of drug-likeness (QED) is 0.750. The molecule has 5 heteroatoms. The number of rotatable bonds is 4. The highest BCUT2D eigenvalue weighted by atomic mass is 32.2. The predicted octanol–water partition coefficient (Wildman–Crippen LogP) is 0.103. The summed E-state index contributed by atoms with van der Waals surface area (Å²) in [6.45, 7) is 8.54. The second kappa shape index (κ2) is 5.27. The molecule has 1 fully saturated rings. The van der Waals surface area contributed by atoms with Crippen LogP contribution in [0.2, 0.25) is 0 Å². The zero-order chi connectivity index (χ0) is 11.5. The van der Waals surface area contributed by atoms with Gasteiger partial charge in [0.25, 0.3) is 0 Å². The first-order valence-electron chi connectivity index (χ1n) is 5.62. The van der Waals surface area contributed by atoms with Gasteiger partial charge in [-0.25, -0.2) is 8.42 Å². The molecule has 90 valence electrons. The Kier molecular flexibility index (Phi) is 4.55. The molecule has 0 bridgehead atoms. The Balaban J connectivity index is 2.43. The van der Waals surface area contributed by atoms with Crippen LogP contribution in [0.4, 0.5) is 0 Å². The van der Waals surface area contributed by atoms with Crippen LogP contribution in [-0.4, -0.2) is 56.5 Å². The van der Waals surface area contributed by atoms with Gasteiger partial charge in [0.05, 0.1) is 5.75 Å². The first-order valence-corrected chi connectivity index (χ1v) is 7.44. The van der Waals surface area contributed by atoms with Crippen LogP contribution in [-0.2, 0) is 9.84 Å². The van der Waals surface area contributed by atoms with Gasteiger partial charge < -0.3 is 5.32 Å². The van der Waals surface area contributed by atoms with E-state index >= 15 is 0 Å². The van der Waals surface area contributed by atoms with Crippen molar-refractivity contribution >= 4 is 9.84 Å². The van der Waals surface area contributed by atoms with E-state index in [1.807, 2.05) is 0 Å². The van der Waals surface area contributed by atoms with Gasteiger partial charge in [0, 0.05) is 37.5 Å². The van der Waals surface area contributed by atoms with Crippen LogP contribution in [0.25, 0.3) is 0 Å². The monoisotopic (exact) mass is 234 g/mol. The van der Waals surface area contributed by atoms with Gasteiger partial charge in [0.2, 0.25) is 0 Å². The molecule has 0 spiro atoms. The third-order valence-electron chi connectivity index (χ3n) is 3.02. The first-order chi connectivity index (χ1) is 6.94. The van der Waals surface area contributed by atoms with E-state index in [4.69, 9.17) is 0 Å². The molecular weight excluding hydrogens is 212 g/mol. The maximum atomic E-state index is 11.4. The lowest BCUT2D eigenvalue weighted by Crippen LogP contribution is -2.55. The Labute approximate surface area is 93.0 Å². The SMILES string of the molecule is CCS(=O)(=O)CCN1CC(C)NCC1C. The van der Waals surface area contributed by atoms with E-state index in [1.165, 1.54) is 0 Å². The topological polar surface area (TPSA) is 49.4 Å². The van der Waals surface area contributed by atoms with Crippen molar-refractivity contribution in [2.24, 2.45) is 0 Å². The summed E-state index contributed by atoms with van der Waals surface area (Å²) < 4.78 is 22.8. The Bertz CT molecular complexity index is 290. The molecule has 0 aliphatic carbocycles. The molecule has 0 amide bonds. The van der Waals surface area contributed by atoms with Crippen LogP contribution in [0.1, 0.15) is 20.8 Å². The Morgan fingerprint density at radius 2 is 2.07 bits per heavy atom. The summed E-state index contributed by atoms with van der Waals surface area (Å²) in [6, 6.07) is 0.902. The van der Waals surface area contributed by atoms with Crippen molar-refractivity contribution in [1.82, 2.24) is 10.2 Å². The molecule has 2 atom stereocenters. The van der Waals surface area contributed by atoms with Gasteiger partial charge >= 0.3 is 0 Å². The molecule has 0 aromatic heterocycles. The van der Waals surface area contributed by atoms with Gasteiger partial charge in [-0.15, -0.1) is 0 Å². The molecule has 1 N–H and O–H groups in total. The highest BCUT2D eigenvalue weighted by Gasteiger charge is 2.23. The van der Waals surface area contributed by atoms with Crippen LogP contribution >= 0.6 is 0 Å². The summed E-state index contributed by atoms with van der Waals surface area (Å²) >= 11 is 0. The van der Waals surface area contributed by atoms with E-state index in [1.54, 1.807) is 6.92 Å². The highest BCUT2D eigenvalue weighted by molar-refractivity contribution is 7.91. The Morgan fingerprint density at radius 1 is 1.40 bits per heavy atom. The molecule has 0 saturated carbocycles. The lowest BCUT2D eigenvalue weighted by atomic mass is 10.1. The number of sulfone groups is 1. The largest absolute Gasteiger partial charge is 0.311 e. The second-order valence-electron chi connectivity index (χ2n) is 4.39.